The minimum atomic E-state index is -0.262. The van der Waals surface area contributed by atoms with Gasteiger partial charge in [-0.3, -0.25) is 14.7 Å². The summed E-state index contributed by atoms with van der Waals surface area (Å²) in [6.07, 6.45) is 2.62. The third kappa shape index (κ3) is 8.98. The average Bonchev–Trinajstić information content (AvgIpc) is 3.35. The Bertz CT molecular complexity index is 849. The number of benzene rings is 1. The number of morpholine rings is 1. The lowest BCUT2D eigenvalue weighted by Gasteiger charge is -2.35. The SMILES string of the molecule is CN=C(NCc1ccc(NC(=O)c2ccco2)cc1)NCC(CC(C)C)N1CCOCC1.I. The van der Waals surface area contributed by atoms with Crippen molar-refractivity contribution in [1.29, 1.82) is 0 Å². The van der Waals surface area contributed by atoms with E-state index in [4.69, 9.17) is 9.15 Å². The normalized spacial score (nSPS) is 15.6. The van der Waals surface area contributed by atoms with Crippen LogP contribution in [-0.4, -0.2) is 62.7 Å². The van der Waals surface area contributed by atoms with Crippen LogP contribution < -0.4 is 16.0 Å². The first kappa shape index (κ1) is 27.1. The molecular formula is C24H36IN5O3. The smallest absolute Gasteiger partial charge is 0.291 e. The maximum atomic E-state index is 12.1. The van der Waals surface area contributed by atoms with Gasteiger partial charge in [0.2, 0.25) is 0 Å². The summed E-state index contributed by atoms with van der Waals surface area (Å²) in [4.78, 5) is 19.0. The second-order valence-corrected chi connectivity index (χ2v) is 8.37. The van der Waals surface area contributed by atoms with Crippen LogP contribution in [0.2, 0.25) is 0 Å². The summed E-state index contributed by atoms with van der Waals surface area (Å²) in [7, 11) is 1.79. The van der Waals surface area contributed by atoms with E-state index in [9.17, 15) is 4.79 Å². The molecule has 1 aromatic carbocycles. The molecule has 1 unspecified atom stereocenters. The van der Waals surface area contributed by atoms with Crippen molar-refractivity contribution in [2.24, 2.45) is 10.9 Å². The third-order valence-electron chi connectivity index (χ3n) is 5.45. The van der Waals surface area contributed by atoms with Crippen LogP contribution in [0.4, 0.5) is 5.69 Å². The zero-order chi connectivity index (χ0) is 22.8. The molecule has 1 saturated heterocycles. The van der Waals surface area contributed by atoms with Crippen molar-refractivity contribution in [2.75, 3.05) is 45.2 Å². The number of aliphatic imine (C=N–C) groups is 1. The van der Waals surface area contributed by atoms with Crippen LogP contribution in [0, 0.1) is 5.92 Å². The van der Waals surface area contributed by atoms with Gasteiger partial charge in [-0.2, -0.15) is 0 Å². The molecule has 0 aliphatic carbocycles. The maximum Gasteiger partial charge on any atom is 0.291 e. The Labute approximate surface area is 213 Å². The fraction of sp³-hybridized carbons (Fsp3) is 0.500. The Hall–Kier alpha value is -2.11. The molecule has 9 heteroatoms. The molecule has 3 rings (SSSR count). The molecular weight excluding hydrogens is 533 g/mol. The summed E-state index contributed by atoms with van der Waals surface area (Å²) in [6.45, 7) is 9.58. The summed E-state index contributed by atoms with van der Waals surface area (Å²) in [6, 6.07) is 11.5. The molecule has 0 saturated carbocycles. The van der Waals surface area contributed by atoms with Gasteiger partial charge in [0.05, 0.1) is 19.5 Å². The van der Waals surface area contributed by atoms with Crippen molar-refractivity contribution in [3.05, 3.63) is 54.0 Å². The molecule has 1 aliphatic rings. The lowest BCUT2D eigenvalue weighted by molar-refractivity contribution is 0.0132. The van der Waals surface area contributed by atoms with Crippen molar-refractivity contribution < 1.29 is 13.9 Å². The van der Waals surface area contributed by atoms with Crippen molar-refractivity contribution in [3.8, 4) is 0 Å². The summed E-state index contributed by atoms with van der Waals surface area (Å²) >= 11 is 0. The summed E-state index contributed by atoms with van der Waals surface area (Å²) < 4.78 is 10.6. The lowest BCUT2D eigenvalue weighted by atomic mass is 10.0. The Balaban J connectivity index is 0.00000385. The van der Waals surface area contributed by atoms with Crippen LogP contribution in [0.15, 0.2) is 52.1 Å². The van der Waals surface area contributed by atoms with Crippen molar-refractivity contribution in [1.82, 2.24) is 15.5 Å². The second kappa shape index (κ2) is 14.2. The minimum absolute atomic E-state index is 0. The van der Waals surface area contributed by atoms with E-state index in [1.165, 1.54) is 6.26 Å². The molecule has 1 atom stereocenters. The van der Waals surface area contributed by atoms with E-state index in [1.807, 2.05) is 24.3 Å². The molecule has 8 nitrogen and oxygen atoms in total. The predicted octanol–water partition coefficient (Wildman–Crippen LogP) is 3.56. The van der Waals surface area contributed by atoms with Crippen molar-refractivity contribution in [3.63, 3.8) is 0 Å². The van der Waals surface area contributed by atoms with Crippen LogP contribution >= 0.6 is 24.0 Å². The van der Waals surface area contributed by atoms with Gasteiger partial charge in [-0.15, -0.1) is 24.0 Å². The number of halogens is 1. The molecule has 1 aromatic heterocycles. The van der Waals surface area contributed by atoms with E-state index >= 15 is 0 Å². The monoisotopic (exact) mass is 569 g/mol. The fourth-order valence-electron chi connectivity index (χ4n) is 3.78. The van der Waals surface area contributed by atoms with E-state index in [2.05, 4.69) is 39.7 Å². The molecule has 0 spiro atoms. The molecule has 1 aliphatic heterocycles. The first-order valence-corrected chi connectivity index (χ1v) is 11.2. The average molecular weight is 569 g/mol. The van der Waals surface area contributed by atoms with Crippen LogP contribution in [0.5, 0.6) is 0 Å². The highest BCUT2D eigenvalue weighted by atomic mass is 127. The summed E-state index contributed by atoms with van der Waals surface area (Å²) in [5, 5.41) is 9.68. The highest BCUT2D eigenvalue weighted by molar-refractivity contribution is 14.0. The summed E-state index contributed by atoms with van der Waals surface area (Å²) in [5.41, 5.74) is 1.82. The molecule has 0 radical (unpaired) electrons. The Morgan fingerprint density at radius 3 is 2.45 bits per heavy atom. The largest absolute Gasteiger partial charge is 0.459 e. The molecule has 3 N–H and O–H groups in total. The number of amides is 1. The number of nitrogens with one attached hydrogen (secondary N) is 3. The predicted molar refractivity (Wildman–Crippen MR) is 142 cm³/mol. The van der Waals surface area contributed by atoms with E-state index in [1.54, 1.807) is 19.2 Å². The number of anilines is 1. The van der Waals surface area contributed by atoms with Gasteiger partial charge >= 0.3 is 0 Å². The molecule has 1 amide bonds. The van der Waals surface area contributed by atoms with Crippen molar-refractivity contribution >= 4 is 41.5 Å². The molecule has 2 heterocycles. The standard InChI is InChI=1S/C24H35N5O3.HI/c1-18(2)15-21(29-10-13-31-14-11-29)17-27-24(25-3)26-16-19-6-8-20(9-7-19)28-23(30)22-5-4-12-32-22;/h4-9,12,18,21H,10-11,13-17H2,1-3H3,(H,28,30)(H2,25,26,27);1H. The quantitative estimate of drug-likeness (QED) is 0.243. The van der Waals surface area contributed by atoms with Gasteiger partial charge < -0.3 is 25.1 Å². The number of ether oxygens (including phenoxy) is 1. The number of carbonyl (C=O) groups is 1. The van der Waals surface area contributed by atoms with E-state index in [0.717, 1.165) is 56.5 Å². The van der Waals surface area contributed by atoms with Crippen LogP contribution in [0.3, 0.4) is 0 Å². The Morgan fingerprint density at radius 1 is 1.12 bits per heavy atom. The fourth-order valence-corrected chi connectivity index (χ4v) is 3.78. The number of nitrogens with zero attached hydrogens (tertiary/aromatic N) is 2. The van der Waals surface area contributed by atoms with Crippen LogP contribution in [-0.2, 0) is 11.3 Å². The van der Waals surface area contributed by atoms with Crippen molar-refractivity contribution in [2.45, 2.75) is 32.9 Å². The third-order valence-corrected chi connectivity index (χ3v) is 5.45. The first-order chi connectivity index (χ1) is 15.5. The topological polar surface area (TPSA) is 91.1 Å². The molecule has 0 bridgehead atoms. The van der Waals surface area contributed by atoms with E-state index in [0.29, 0.717) is 24.3 Å². The van der Waals surface area contributed by atoms with Crippen LogP contribution in [0.1, 0.15) is 36.4 Å². The zero-order valence-electron chi connectivity index (χ0n) is 19.7. The van der Waals surface area contributed by atoms with E-state index < -0.39 is 0 Å². The van der Waals surface area contributed by atoms with E-state index in [-0.39, 0.29) is 29.9 Å². The van der Waals surface area contributed by atoms with Gasteiger partial charge in [0.25, 0.3) is 5.91 Å². The highest BCUT2D eigenvalue weighted by Gasteiger charge is 2.22. The first-order valence-electron chi connectivity index (χ1n) is 11.2. The number of guanidine groups is 1. The highest BCUT2D eigenvalue weighted by Crippen LogP contribution is 2.14. The second-order valence-electron chi connectivity index (χ2n) is 8.37. The number of furan rings is 1. The molecule has 33 heavy (non-hydrogen) atoms. The van der Waals surface area contributed by atoms with Gasteiger partial charge in [0.15, 0.2) is 11.7 Å². The minimum Gasteiger partial charge on any atom is -0.459 e. The number of hydrogen-bond donors (Lipinski definition) is 3. The van der Waals surface area contributed by atoms with Gasteiger partial charge in [0.1, 0.15) is 0 Å². The number of rotatable bonds is 9. The Morgan fingerprint density at radius 2 is 1.85 bits per heavy atom. The molecule has 1 fully saturated rings. The molecule has 182 valence electrons. The number of carbonyl (C=O) groups excluding carboxylic acids is 1. The molecule has 2 aromatic rings. The van der Waals surface area contributed by atoms with Gasteiger partial charge in [-0.25, -0.2) is 0 Å². The summed E-state index contributed by atoms with van der Waals surface area (Å²) in [5.74, 6) is 1.44. The maximum absolute atomic E-state index is 12.1. The van der Waals surface area contributed by atoms with Crippen LogP contribution in [0.25, 0.3) is 0 Å². The Kier molecular flexibility index (Phi) is 11.7. The zero-order valence-corrected chi connectivity index (χ0v) is 22.0. The van der Waals surface area contributed by atoms with Gasteiger partial charge in [-0.05, 0) is 42.2 Å². The van der Waals surface area contributed by atoms with Gasteiger partial charge in [-0.1, -0.05) is 26.0 Å². The number of hydrogen-bond acceptors (Lipinski definition) is 5. The van der Waals surface area contributed by atoms with Gasteiger partial charge in [0, 0.05) is 45.0 Å². The lowest BCUT2D eigenvalue weighted by Crippen LogP contribution is -2.50.